The summed E-state index contributed by atoms with van der Waals surface area (Å²) in [7, 11) is 1.59. The Morgan fingerprint density at radius 3 is 2.68 bits per heavy atom. The van der Waals surface area contributed by atoms with Crippen LogP contribution < -0.4 is 10.5 Å². The number of methoxy groups -OCH3 is 1. The Morgan fingerprint density at radius 2 is 2.11 bits per heavy atom. The van der Waals surface area contributed by atoms with Crippen molar-refractivity contribution in [2.24, 2.45) is 5.92 Å². The number of nitrogens with zero attached hydrogens (tertiary/aromatic N) is 1. The first-order valence-corrected chi connectivity index (χ1v) is 6.88. The molecule has 2 N–H and O–H groups in total. The second-order valence-electron chi connectivity index (χ2n) is 5.10. The third-order valence-electron chi connectivity index (χ3n) is 3.97. The van der Waals surface area contributed by atoms with Gasteiger partial charge < -0.3 is 15.4 Å². The van der Waals surface area contributed by atoms with E-state index in [2.05, 4.69) is 6.92 Å². The summed E-state index contributed by atoms with van der Waals surface area (Å²) in [5, 5.41) is 0. The molecule has 1 aliphatic rings. The van der Waals surface area contributed by atoms with E-state index in [-0.39, 0.29) is 5.91 Å². The van der Waals surface area contributed by atoms with Crippen LogP contribution in [0.3, 0.4) is 0 Å². The normalized spacial score (nSPS) is 16.4. The quantitative estimate of drug-likeness (QED) is 0.852. The molecule has 1 aromatic rings. The van der Waals surface area contributed by atoms with Gasteiger partial charge in [-0.05, 0) is 37.0 Å². The van der Waals surface area contributed by atoms with Crippen LogP contribution in [-0.2, 0) is 0 Å². The van der Waals surface area contributed by atoms with Crippen molar-refractivity contribution >= 4 is 11.6 Å². The number of likely N-dealkylation sites (tertiary alicyclic amines) is 1. The minimum atomic E-state index is 0.0194. The Labute approximate surface area is 114 Å². The molecule has 1 aliphatic heterocycles. The molecule has 104 valence electrons. The molecule has 1 heterocycles. The zero-order valence-electron chi connectivity index (χ0n) is 11.7. The number of hydrogen-bond donors (Lipinski definition) is 1. The number of anilines is 1. The van der Waals surface area contributed by atoms with Crippen molar-refractivity contribution in [3.8, 4) is 5.75 Å². The Hall–Kier alpha value is -1.71. The summed E-state index contributed by atoms with van der Waals surface area (Å²) >= 11 is 0. The molecule has 1 aromatic carbocycles. The Morgan fingerprint density at radius 1 is 1.42 bits per heavy atom. The first-order chi connectivity index (χ1) is 9.15. The highest BCUT2D eigenvalue weighted by molar-refractivity contribution is 5.99. The maximum absolute atomic E-state index is 12.5. The number of carbonyl (C=O) groups is 1. The highest BCUT2D eigenvalue weighted by Crippen LogP contribution is 2.25. The Bertz CT molecular complexity index is 451. The van der Waals surface area contributed by atoms with E-state index in [0.717, 1.165) is 31.8 Å². The van der Waals surface area contributed by atoms with E-state index in [1.54, 1.807) is 25.3 Å². The molecule has 1 amide bonds. The lowest BCUT2D eigenvalue weighted by Crippen LogP contribution is -2.38. The third kappa shape index (κ3) is 3.00. The maximum atomic E-state index is 12.5. The first kappa shape index (κ1) is 13.7. The van der Waals surface area contributed by atoms with Crippen LogP contribution in [0, 0.1) is 5.92 Å². The van der Waals surface area contributed by atoms with Crippen molar-refractivity contribution in [2.75, 3.05) is 25.9 Å². The van der Waals surface area contributed by atoms with Crippen LogP contribution in [0.15, 0.2) is 18.2 Å². The van der Waals surface area contributed by atoms with Crippen molar-refractivity contribution in [2.45, 2.75) is 26.2 Å². The summed E-state index contributed by atoms with van der Waals surface area (Å²) in [6.07, 6.45) is 3.38. The standard InChI is InChI=1S/C15H22N2O2/c1-3-11-6-8-17(9-7-11)15(18)13-10-12(19-2)4-5-14(13)16/h4-5,10-11H,3,6-9,16H2,1-2H3. The number of amides is 1. The molecular weight excluding hydrogens is 240 g/mol. The lowest BCUT2D eigenvalue weighted by Gasteiger charge is -2.31. The highest BCUT2D eigenvalue weighted by atomic mass is 16.5. The van der Waals surface area contributed by atoms with Gasteiger partial charge in [-0.3, -0.25) is 4.79 Å². The fourth-order valence-corrected chi connectivity index (χ4v) is 2.56. The average molecular weight is 262 g/mol. The zero-order valence-corrected chi connectivity index (χ0v) is 11.7. The molecule has 0 aliphatic carbocycles. The zero-order chi connectivity index (χ0) is 13.8. The van der Waals surface area contributed by atoms with Crippen molar-refractivity contribution in [1.29, 1.82) is 0 Å². The summed E-state index contributed by atoms with van der Waals surface area (Å²) in [6.45, 7) is 3.87. The number of rotatable bonds is 3. The summed E-state index contributed by atoms with van der Waals surface area (Å²) in [5.41, 5.74) is 6.97. The lowest BCUT2D eigenvalue weighted by atomic mass is 9.94. The number of carbonyl (C=O) groups excluding carboxylic acids is 1. The van der Waals surface area contributed by atoms with Crippen molar-refractivity contribution < 1.29 is 9.53 Å². The van der Waals surface area contributed by atoms with Crippen LogP contribution in [-0.4, -0.2) is 31.0 Å². The molecule has 19 heavy (non-hydrogen) atoms. The van der Waals surface area contributed by atoms with Gasteiger partial charge in [0.15, 0.2) is 0 Å². The van der Waals surface area contributed by atoms with Gasteiger partial charge in [0, 0.05) is 18.8 Å². The second-order valence-corrected chi connectivity index (χ2v) is 5.10. The summed E-state index contributed by atoms with van der Waals surface area (Å²) in [4.78, 5) is 14.4. The van der Waals surface area contributed by atoms with Crippen molar-refractivity contribution in [1.82, 2.24) is 4.90 Å². The molecule has 0 atom stereocenters. The van der Waals surface area contributed by atoms with Gasteiger partial charge in [0.1, 0.15) is 5.75 Å². The Kier molecular flexibility index (Phi) is 4.30. The van der Waals surface area contributed by atoms with E-state index < -0.39 is 0 Å². The van der Waals surface area contributed by atoms with E-state index in [4.69, 9.17) is 10.5 Å². The topological polar surface area (TPSA) is 55.6 Å². The molecule has 0 radical (unpaired) electrons. The largest absolute Gasteiger partial charge is 0.497 e. The molecule has 0 aromatic heterocycles. The lowest BCUT2D eigenvalue weighted by molar-refractivity contribution is 0.0689. The van der Waals surface area contributed by atoms with Crippen LogP contribution in [0.2, 0.25) is 0 Å². The number of piperidine rings is 1. The number of nitrogens with two attached hydrogens (primary N) is 1. The number of hydrogen-bond acceptors (Lipinski definition) is 3. The number of ether oxygens (including phenoxy) is 1. The molecule has 4 heteroatoms. The summed E-state index contributed by atoms with van der Waals surface area (Å²) in [6, 6.07) is 5.23. The molecule has 0 unspecified atom stereocenters. The minimum Gasteiger partial charge on any atom is -0.497 e. The maximum Gasteiger partial charge on any atom is 0.256 e. The summed E-state index contributed by atoms with van der Waals surface area (Å²) < 4.78 is 5.16. The molecule has 1 fully saturated rings. The average Bonchev–Trinajstić information content (AvgIpc) is 2.47. The first-order valence-electron chi connectivity index (χ1n) is 6.88. The fraction of sp³-hybridized carbons (Fsp3) is 0.533. The molecule has 4 nitrogen and oxygen atoms in total. The van der Waals surface area contributed by atoms with Crippen LogP contribution >= 0.6 is 0 Å². The van der Waals surface area contributed by atoms with Crippen LogP contribution in [0.5, 0.6) is 5.75 Å². The monoisotopic (exact) mass is 262 g/mol. The molecule has 0 saturated carbocycles. The van der Waals surface area contributed by atoms with Gasteiger partial charge in [-0.1, -0.05) is 13.3 Å². The molecule has 0 bridgehead atoms. The molecule has 1 saturated heterocycles. The van der Waals surface area contributed by atoms with Crippen molar-refractivity contribution in [3.63, 3.8) is 0 Å². The van der Waals surface area contributed by atoms with Gasteiger partial charge in [0.25, 0.3) is 5.91 Å². The Balaban J connectivity index is 2.11. The predicted molar refractivity (Wildman–Crippen MR) is 76.3 cm³/mol. The number of nitrogen functional groups attached to an aromatic ring is 1. The highest BCUT2D eigenvalue weighted by Gasteiger charge is 2.24. The van der Waals surface area contributed by atoms with Gasteiger partial charge in [-0.15, -0.1) is 0 Å². The van der Waals surface area contributed by atoms with E-state index in [1.807, 2.05) is 4.90 Å². The molecule has 0 spiro atoms. The van der Waals surface area contributed by atoms with E-state index >= 15 is 0 Å². The van der Waals surface area contributed by atoms with E-state index in [0.29, 0.717) is 17.0 Å². The van der Waals surface area contributed by atoms with Gasteiger partial charge in [0.2, 0.25) is 0 Å². The predicted octanol–water partition coefficient (Wildman–Crippen LogP) is 2.54. The number of benzene rings is 1. The second kappa shape index (κ2) is 5.95. The minimum absolute atomic E-state index is 0.0194. The van der Waals surface area contributed by atoms with Gasteiger partial charge in [0.05, 0.1) is 12.7 Å². The van der Waals surface area contributed by atoms with Gasteiger partial charge >= 0.3 is 0 Å². The van der Waals surface area contributed by atoms with Gasteiger partial charge in [-0.2, -0.15) is 0 Å². The van der Waals surface area contributed by atoms with Crippen LogP contribution in [0.4, 0.5) is 5.69 Å². The van der Waals surface area contributed by atoms with Crippen molar-refractivity contribution in [3.05, 3.63) is 23.8 Å². The van der Waals surface area contributed by atoms with Gasteiger partial charge in [-0.25, -0.2) is 0 Å². The van der Waals surface area contributed by atoms with Crippen LogP contribution in [0.1, 0.15) is 36.5 Å². The third-order valence-corrected chi connectivity index (χ3v) is 3.97. The summed E-state index contributed by atoms with van der Waals surface area (Å²) in [5.74, 6) is 1.44. The fourth-order valence-electron chi connectivity index (χ4n) is 2.56. The smallest absolute Gasteiger partial charge is 0.256 e. The SMILES string of the molecule is CCC1CCN(C(=O)c2cc(OC)ccc2N)CC1. The van der Waals surface area contributed by atoms with Crippen LogP contribution in [0.25, 0.3) is 0 Å². The van der Waals surface area contributed by atoms with E-state index in [9.17, 15) is 4.79 Å². The molecular formula is C15H22N2O2. The van der Waals surface area contributed by atoms with E-state index in [1.165, 1.54) is 6.42 Å². The molecule has 2 rings (SSSR count).